The normalized spacial score (nSPS) is 16.7. The van der Waals surface area contributed by atoms with E-state index in [4.69, 9.17) is 11.5 Å². The van der Waals surface area contributed by atoms with Gasteiger partial charge in [-0.15, -0.1) is 0 Å². The van der Waals surface area contributed by atoms with Crippen LogP contribution in [0.3, 0.4) is 0 Å². The summed E-state index contributed by atoms with van der Waals surface area (Å²) in [4.78, 5) is 129. The first-order valence-corrected chi connectivity index (χ1v) is 19.1. The Morgan fingerprint density at radius 2 is 1.32 bits per heavy atom. The van der Waals surface area contributed by atoms with Crippen LogP contribution in [0.4, 0.5) is 0 Å². The van der Waals surface area contributed by atoms with Crippen molar-refractivity contribution < 1.29 is 58.2 Å². The zero-order valence-electron chi connectivity index (χ0n) is 33.7. The van der Waals surface area contributed by atoms with Gasteiger partial charge in [-0.2, -0.15) is 0 Å². The van der Waals surface area contributed by atoms with Gasteiger partial charge < -0.3 is 58.5 Å². The van der Waals surface area contributed by atoms with Gasteiger partial charge in [0.25, 0.3) is 0 Å². The highest BCUT2D eigenvalue weighted by molar-refractivity contribution is 5.99. The molecule has 1 heterocycles. The third-order valence-electron chi connectivity index (χ3n) is 9.43. The summed E-state index contributed by atoms with van der Waals surface area (Å²) in [6.45, 7) is 6.92. The number of primary amides is 2. The molecular weight excluding hydrogens is 774 g/mol. The minimum Gasteiger partial charge on any atom is -0.508 e. The molecule has 1 aromatic rings. The summed E-state index contributed by atoms with van der Waals surface area (Å²) in [5.74, 6) is -8.56. The number of hydrogen-bond donors (Lipinski definition) is 10. The number of nitrogens with zero attached hydrogens (tertiary/aromatic N) is 1. The summed E-state index contributed by atoms with van der Waals surface area (Å²) < 4.78 is 0. The second-order valence-electron chi connectivity index (χ2n) is 14.9. The van der Waals surface area contributed by atoms with E-state index >= 15 is 0 Å². The molecule has 21 heteroatoms. The van der Waals surface area contributed by atoms with Crippen LogP contribution < -0.4 is 43.4 Å². The first-order chi connectivity index (χ1) is 27.7. The van der Waals surface area contributed by atoms with Crippen LogP contribution >= 0.6 is 0 Å². The number of aromatic hydroxyl groups is 1. The van der Waals surface area contributed by atoms with E-state index in [9.17, 15) is 58.2 Å². The van der Waals surface area contributed by atoms with Crippen LogP contribution in [-0.4, -0.2) is 130 Å². The van der Waals surface area contributed by atoms with Gasteiger partial charge in [-0.1, -0.05) is 39.8 Å². The Morgan fingerprint density at radius 1 is 0.763 bits per heavy atom. The Morgan fingerprint density at radius 3 is 1.85 bits per heavy atom. The summed E-state index contributed by atoms with van der Waals surface area (Å²) in [7, 11) is 0. The van der Waals surface area contributed by atoms with Crippen molar-refractivity contribution in [1.82, 2.24) is 36.8 Å². The quantitative estimate of drug-likeness (QED) is 0.0512. The monoisotopic (exact) mass is 830 g/mol. The third kappa shape index (κ3) is 15.3. The molecule has 0 unspecified atom stereocenters. The molecule has 1 radical (unpaired) electrons. The fourth-order valence-electron chi connectivity index (χ4n) is 6.30. The zero-order valence-corrected chi connectivity index (χ0v) is 33.7. The largest absolute Gasteiger partial charge is 0.508 e. The summed E-state index contributed by atoms with van der Waals surface area (Å²) >= 11 is 0. The lowest BCUT2D eigenvalue weighted by Crippen LogP contribution is -2.61. The number of rotatable bonds is 23. The highest BCUT2D eigenvalue weighted by Crippen LogP contribution is 2.21. The van der Waals surface area contributed by atoms with E-state index in [2.05, 4.69) is 31.9 Å². The number of phenolic OH excluding ortho intramolecular Hbond substituents is 1. The minimum atomic E-state index is -1.66. The molecule has 9 amide bonds. The highest BCUT2D eigenvalue weighted by Gasteiger charge is 2.41. The Hall–Kier alpha value is -6.12. The van der Waals surface area contributed by atoms with Crippen molar-refractivity contribution in [2.45, 2.75) is 115 Å². The molecule has 0 aromatic heterocycles. The number of amides is 9. The second kappa shape index (κ2) is 23.3. The van der Waals surface area contributed by atoms with Crippen LogP contribution in [-0.2, 0) is 54.4 Å². The minimum absolute atomic E-state index is 0.0154. The van der Waals surface area contributed by atoms with Gasteiger partial charge in [0, 0.05) is 26.3 Å². The van der Waals surface area contributed by atoms with E-state index < -0.39 is 114 Å². The maximum Gasteiger partial charge on any atom is 0.246 e. The molecule has 0 saturated carbocycles. The highest BCUT2D eigenvalue weighted by atomic mass is 16.3. The van der Waals surface area contributed by atoms with Gasteiger partial charge in [0.2, 0.25) is 53.2 Å². The molecular formula is C38H56N9O12. The predicted molar refractivity (Wildman–Crippen MR) is 208 cm³/mol. The lowest BCUT2D eigenvalue weighted by Gasteiger charge is -2.31. The molecule has 1 aliphatic rings. The van der Waals surface area contributed by atoms with Gasteiger partial charge in [0.15, 0.2) is 6.29 Å². The van der Waals surface area contributed by atoms with E-state index in [0.717, 1.165) is 11.8 Å². The van der Waals surface area contributed by atoms with Crippen molar-refractivity contribution in [2.24, 2.45) is 23.3 Å². The molecule has 21 nitrogen and oxygen atoms in total. The van der Waals surface area contributed by atoms with Crippen molar-refractivity contribution in [2.75, 3.05) is 13.2 Å². The van der Waals surface area contributed by atoms with Crippen molar-refractivity contribution in [3.63, 3.8) is 0 Å². The van der Waals surface area contributed by atoms with Gasteiger partial charge in [-0.05, 0) is 48.8 Å². The van der Waals surface area contributed by atoms with Crippen molar-refractivity contribution >= 4 is 59.5 Å². The van der Waals surface area contributed by atoms with Crippen LogP contribution in [0.15, 0.2) is 24.3 Å². The summed E-state index contributed by atoms with van der Waals surface area (Å²) in [5, 5.41) is 34.1. The number of hydrogen-bond acceptors (Lipinski definition) is 12. The topological polar surface area (TPSA) is 339 Å². The van der Waals surface area contributed by atoms with Crippen LogP contribution in [0.2, 0.25) is 0 Å². The molecule has 1 fully saturated rings. The molecule has 2 rings (SSSR count). The van der Waals surface area contributed by atoms with E-state index in [1.807, 2.05) is 0 Å². The first kappa shape index (κ1) is 49.0. The standard InChI is InChI=1S/C38H56N9O12/c1-19(2)30(32(40)53)45-37(58)31(20(3)4)46-34(55)25(16-22-10-12-23(51)13-11-22)43-36(57)28-9-6-14-47(28)38(59)26(17-29(39)52)44-33(54)24(8-7-15-48)42-35(56)27(18-49)41-21(5)50/h10-13,19-20,24-28,30-31,49,51H,6-9,14,16-18H2,1-5H3,(H2,39,52)(H2,40,53)(H,41,50)(H,42,56)(H,43,57)(H,44,54)(H,45,58)(H,46,55)/t24-,25-,26-,27-,28-,30-,31-/m0/s1. The molecule has 1 saturated heterocycles. The molecule has 0 bridgehead atoms. The molecule has 1 aliphatic heterocycles. The zero-order chi connectivity index (χ0) is 44.6. The van der Waals surface area contributed by atoms with Crippen molar-refractivity contribution in [3.05, 3.63) is 29.8 Å². The molecule has 1 aromatic carbocycles. The first-order valence-electron chi connectivity index (χ1n) is 19.1. The fraction of sp³-hybridized carbons (Fsp3) is 0.579. The average molecular weight is 831 g/mol. The number of carbonyl (C=O) groups excluding carboxylic acids is 10. The van der Waals surface area contributed by atoms with Gasteiger partial charge in [-0.25, -0.2) is 0 Å². The fourth-order valence-corrected chi connectivity index (χ4v) is 6.30. The second-order valence-corrected chi connectivity index (χ2v) is 14.9. The predicted octanol–water partition coefficient (Wildman–Crippen LogP) is -3.59. The number of nitrogens with two attached hydrogens (primary N) is 2. The van der Waals surface area contributed by atoms with Gasteiger partial charge in [0.05, 0.1) is 13.0 Å². The summed E-state index contributed by atoms with van der Waals surface area (Å²) in [5.41, 5.74) is 11.4. The number of aliphatic hydroxyl groups is 1. The Kier molecular flexibility index (Phi) is 19.4. The molecule has 7 atom stereocenters. The molecule has 0 spiro atoms. The van der Waals surface area contributed by atoms with Crippen molar-refractivity contribution in [1.29, 1.82) is 0 Å². The smallest absolute Gasteiger partial charge is 0.246 e. The van der Waals surface area contributed by atoms with Crippen LogP contribution in [0.25, 0.3) is 0 Å². The molecule has 59 heavy (non-hydrogen) atoms. The van der Waals surface area contributed by atoms with Gasteiger partial charge in [0.1, 0.15) is 48.0 Å². The summed E-state index contributed by atoms with van der Waals surface area (Å²) in [6.07, 6.45) is 0.434. The lowest BCUT2D eigenvalue weighted by atomic mass is 9.98. The summed E-state index contributed by atoms with van der Waals surface area (Å²) in [6, 6.07) is -3.62. The van der Waals surface area contributed by atoms with E-state index in [1.54, 1.807) is 34.0 Å². The van der Waals surface area contributed by atoms with E-state index in [1.165, 1.54) is 24.3 Å². The van der Waals surface area contributed by atoms with E-state index in [0.29, 0.717) is 12.0 Å². The van der Waals surface area contributed by atoms with Crippen LogP contribution in [0.1, 0.15) is 72.3 Å². The lowest BCUT2D eigenvalue weighted by molar-refractivity contribution is -0.143. The van der Waals surface area contributed by atoms with Crippen molar-refractivity contribution in [3.8, 4) is 5.75 Å². The van der Waals surface area contributed by atoms with Crippen LogP contribution in [0, 0.1) is 11.8 Å². The number of carbonyl (C=O) groups is 9. The third-order valence-corrected chi connectivity index (χ3v) is 9.43. The number of nitrogens with one attached hydrogen (secondary N) is 6. The Labute approximate surface area is 341 Å². The number of likely N-dealkylation sites (tertiary alicyclic amines) is 1. The average Bonchev–Trinajstić information content (AvgIpc) is 3.66. The molecule has 0 aliphatic carbocycles. The Balaban J connectivity index is 2.38. The SMILES string of the molecule is CC(=O)N[C@@H](CO)C(=O)N[C@@H](CC[C]=O)C(=O)N[C@@H](CC(N)=O)C(=O)N1CCC[C@H]1C(=O)N[C@@H](Cc1ccc(O)cc1)C(=O)N[C@H](C(=O)N[C@H](C(N)=O)C(C)C)C(C)C. The number of phenols is 1. The molecule has 12 N–H and O–H groups in total. The maximum absolute atomic E-state index is 14.0. The Bertz CT molecular complexity index is 1700. The number of benzene rings is 1. The van der Waals surface area contributed by atoms with Gasteiger partial charge >= 0.3 is 0 Å². The maximum atomic E-state index is 14.0. The van der Waals surface area contributed by atoms with Crippen LogP contribution in [0.5, 0.6) is 5.75 Å². The number of aliphatic hydroxyl groups excluding tert-OH is 1. The molecule has 325 valence electrons. The van der Waals surface area contributed by atoms with E-state index in [-0.39, 0.29) is 43.9 Å². The van der Waals surface area contributed by atoms with Gasteiger partial charge in [-0.3, -0.25) is 47.9 Å².